The minimum Gasteiger partial charge on any atom is -0.369 e. The van der Waals surface area contributed by atoms with Gasteiger partial charge in [-0.25, -0.2) is 4.39 Å². The lowest BCUT2D eigenvalue weighted by Gasteiger charge is -2.19. The number of halogens is 1. The zero-order chi connectivity index (χ0) is 17.3. The highest BCUT2D eigenvalue weighted by Crippen LogP contribution is 2.34. The van der Waals surface area contributed by atoms with Crippen LogP contribution in [0.5, 0.6) is 0 Å². The highest BCUT2D eigenvalue weighted by Gasteiger charge is 2.34. The largest absolute Gasteiger partial charge is 0.369 e. The third-order valence-corrected chi connectivity index (χ3v) is 5.30. The Morgan fingerprint density at radius 2 is 1.96 bits per heavy atom. The molecule has 0 N–H and O–H groups in total. The van der Waals surface area contributed by atoms with Gasteiger partial charge in [0.1, 0.15) is 5.82 Å². The van der Waals surface area contributed by atoms with Crippen molar-refractivity contribution < 1.29 is 14.0 Å². The summed E-state index contributed by atoms with van der Waals surface area (Å²) in [7, 11) is 0. The number of carbonyl (C=O) groups is 2. The molecule has 0 bridgehead atoms. The maximum Gasteiger partial charge on any atom is 0.293 e. The monoisotopic (exact) mass is 348 g/mol. The zero-order valence-corrected chi connectivity index (χ0v) is 14.8. The molecule has 2 saturated heterocycles. The van der Waals surface area contributed by atoms with Gasteiger partial charge in [0, 0.05) is 19.6 Å². The summed E-state index contributed by atoms with van der Waals surface area (Å²) in [5.74, 6) is -0.559. The quantitative estimate of drug-likeness (QED) is 0.766. The second-order valence-corrected chi connectivity index (χ2v) is 7.18. The Labute approximate surface area is 145 Å². The molecule has 2 aliphatic heterocycles. The third kappa shape index (κ3) is 3.20. The van der Waals surface area contributed by atoms with Crippen molar-refractivity contribution in [3.8, 4) is 0 Å². The van der Waals surface area contributed by atoms with E-state index in [1.54, 1.807) is 6.08 Å². The Bertz CT molecular complexity index is 711. The molecule has 0 spiro atoms. The van der Waals surface area contributed by atoms with Crippen molar-refractivity contribution in [1.29, 1.82) is 0 Å². The Hall–Kier alpha value is -1.82. The normalized spacial score (nSPS) is 19.9. The third-order valence-electron chi connectivity index (χ3n) is 4.39. The van der Waals surface area contributed by atoms with Gasteiger partial charge in [0.15, 0.2) is 0 Å². The summed E-state index contributed by atoms with van der Waals surface area (Å²) in [5.41, 5.74) is 2.18. The fourth-order valence-corrected chi connectivity index (χ4v) is 3.95. The Morgan fingerprint density at radius 1 is 1.25 bits per heavy atom. The predicted octanol–water partition coefficient (Wildman–Crippen LogP) is 4.18. The highest BCUT2D eigenvalue weighted by molar-refractivity contribution is 8.18. The predicted molar refractivity (Wildman–Crippen MR) is 95.6 cm³/mol. The highest BCUT2D eigenvalue weighted by atomic mass is 32.2. The molecule has 0 atom stereocenters. The molecule has 3 rings (SSSR count). The molecule has 2 fully saturated rings. The summed E-state index contributed by atoms with van der Waals surface area (Å²) in [6.45, 7) is 6.01. The minimum absolute atomic E-state index is 0.250. The maximum atomic E-state index is 14.5. The lowest BCUT2D eigenvalue weighted by molar-refractivity contribution is -0.122. The van der Waals surface area contributed by atoms with Gasteiger partial charge in [-0.3, -0.25) is 14.5 Å². The summed E-state index contributed by atoms with van der Waals surface area (Å²) in [6, 6.07) is 3.31. The second-order valence-electron chi connectivity index (χ2n) is 6.19. The Morgan fingerprint density at radius 3 is 2.62 bits per heavy atom. The number of aryl methyl sites for hydroxylation is 1. The van der Waals surface area contributed by atoms with Crippen molar-refractivity contribution in [1.82, 2.24) is 4.90 Å². The summed E-state index contributed by atoms with van der Waals surface area (Å²) >= 11 is 0.926. The number of benzene rings is 1. The van der Waals surface area contributed by atoms with Gasteiger partial charge in [-0.2, -0.15) is 0 Å². The van der Waals surface area contributed by atoms with E-state index in [9.17, 15) is 14.0 Å². The number of carbonyl (C=O) groups excluding carboxylic acids is 2. The molecule has 2 heterocycles. The molecule has 4 nitrogen and oxygen atoms in total. The maximum absolute atomic E-state index is 14.5. The van der Waals surface area contributed by atoms with E-state index in [1.807, 2.05) is 19.9 Å². The first-order valence-corrected chi connectivity index (χ1v) is 9.13. The molecule has 2 aliphatic rings. The van der Waals surface area contributed by atoms with Crippen LogP contribution in [0, 0.1) is 12.7 Å². The summed E-state index contributed by atoms with van der Waals surface area (Å²) in [5, 5.41) is -0.250. The van der Waals surface area contributed by atoms with Gasteiger partial charge < -0.3 is 4.90 Å². The van der Waals surface area contributed by atoms with Crippen molar-refractivity contribution in [3.05, 3.63) is 34.0 Å². The van der Waals surface area contributed by atoms with Crippen LogP contribution in [-0.4, -0.2) is 35.7 Å². The molecule has 0 unspecified atom stereocenters. The zero-order valence-electron chi connectivity index (χ0n) is 14.0. The molecular weight excluding hydrogens is 327 g/mol. The lowest BCUT2D eigenvalue weighted by Crippen LogP contribution is -2.28. The van der Waals surface area contributed by atoms with Crippen LogP contribution in [0.3, 0.4) is 0 Å². The topological polar surface area (TPSA) is 40.6 Å². The molecule has 128 valence electrons. The molecule has 0 aromatic heterocycles. The summed E-state index contributed by atoms with van der Waals surface area (Å²) in [6.07, 6.45) is 4.53. The van der Waals surface area contributed by atoms with Crippen molar-refractivity contribution in [2.75, 3.05) is 24.5 Å². The van der Waals surface area contributed by atoms with E-state index in [1.165, 1.54) is 11.0 Å². The average Bonchev–Trinajstić information content (AvgIpc) is 3.15. The molecule has 0 radical (unpaired) electrons. The first-order chi connectivity index (χ1) is 11.5. The van der Waals surface area contributed by atoms with E-state index >= 15 is 0 Å². The molecule has 2 amide bonds. The van der Waals surface area contributed by atoms with E-state index in [2.05, 4.69) is 4.90 Å². The fraction of sp³-hybridized carbons (Fsp3) is 0.444. The van der Waals surface area contributed by atoms with Crippen molar-refractivity contribution in [2.24, 2.45) is 0 Å². The van der Waals surface area contributed by atoms with E-state index < -0.39 is 0 Å². The number of nitrogens with zero attached hydrogens (tertiary/aromatic N) is 2. The molecule has 0 saturated carbocycles. The van der Waals surface area contributed by atoms with Crippen LogP contribution in [0.15, 0.2) is 17.0 Å². The van der Waals surface area contributed by atoms with E-state index in [4.69, 9.17) is 0 Å². The van der Waals surface area contributed by atoms with Gasteiger partial charge in [0.2, 0.25) is 0 Å². The summed E-state index contributed by atoms with van der Waals surface area (Å²) in [4.78, 5) is 27.9. The van der Waals surface area contributed by atoms with Crippen molar-refractivity contribution in [2.45, 2.75) is 33.1 Å². The number of rotatable bonds is 4. The molecule has 0 aliphatic carbocycles. The number of hydrogen-bond donors (Lipinski definition) is 0. The summed E-state index contributed by atoms with van der Waals surface area (Å²) < 4.78 is 14.5. The van der Waals surface area contributed by atoms with Gasteiger partial charge in [0.05, 0.1) is 10.6 Å². The molecule has 1 aromatic carbocycles. The fourth-order valence-electron chi connectivity index (χ4n) is 3.10. The number of amides is 2. The Kier molecular flexibility index (Phi) is 4.94. The van der Waals surface area contributed by atoms with Gasteiger partial charge >= 0.3 is 0 Å². The smallest absolute Gasteiger partial charge is 0.293 e. The minimum atomic E-state index is -0.282. The standard InChI is InChI=1S/C18H21FN2O2S/c1-3-6-21-17(22)16(24-18(21)23)11-13-10-14(19)15(9-12(13)2)20-7-4-5-8-20/h9-11H,3-8H2,1-2H3. The SMILES string of the molecule is CCCN1C(=O)SC(=Cc2cc(F)c(N3CCCC3)cc2C)C1=O. The van der Waals surface area contributed by atoms with E-state index in [0.717, 1.165) is 49.7 Å². The van der Waals surface area contributed by atoms with Gasteiger partial charge in [-0.1, -0.05) is 6.92 Å². The molecule has 24 heavy (non-hydrogen) atoms. The second kappa shape index (κ2) is 6.97. The Balaban J connectivity index is 1.89. The average molecular weight is 348 g/mol. The van der Waals surface area contributed by atoms with Gasteiger partial charge in [0.25, 0.3) is 11.1 Å². The van der Waals surface area contributed by atoms with Crippen LogP contribution in [-0.2, 0) is 4.79 Å². The van der Waals surface area contributed by atoms with Crippen LogP contribution >= 0.6 is 11.8 Å². The van der Waals surface area contributed by atoms with Crippen LogP contribution < -0.4 is 4.90 Å². The lowest BCUT2D eigenvalue weighted by atomic mass is 10.1. The van der Waals surface area contributed by atoms with E-state index in [0.29, 0.717) is 22.7 Å². The van der Waals surface area contributed by atoms with Crippen LogP contribution in [0.25, 0.3) is 6.08 Å². The van der Waals surface area contributed by atoms with Gasteiger partial charge in [-0.05, 0) is 67.3 Å². The molecular formula is C18H21FN2O2S. The number of anilines is 1. The number of hydrogen-bond acceptors (Lipinski definition) is 4. The van der Waals surface area contributed by atoms with Crippen LogP contribution in [0.2, 0.25) is 0 Å². The van der Waals surface area contributed by atoms with Crippen LogP contribution in [0.1, 0.15) is 37.3 Å². The van der Waals surface area contributed by atoms with E-state index in [-0.39, 0.29) is 17.0 Å². The molecule has 6 heteroatoms. The first kappa shape index (κ1) is 17.0. The van der Waals surface area contributed by atoms with Crippen LogP contribution in [0.4, 0.5) is 14.9 Å². The van der Waals surface area contributed by atoms with Crippen molar-refractivity contribution >= 4 is 34.7 Å². The first-order valence-electron chi connectivity index (χ1n) is 8.31. The van der Waals surface area contributed by atoms with Crippen molar-refractivity contribution in [3.63, 3.8) is 0 Å². The number of imide groups is 1. The number of thioether (sulfide) groups is 1. The molecule has 1 aromatic rings. The van der Waals surface area contributed by atoms with Gasteiger partial charge in [-0.15, -0.1) is 0 Å².